The maximum Gasteiger partial charge on any atom is 0.230 e. The van der Waals surface area contributed by atoms with Gasteiger partial charge in [-0.3, -0.25) is 4.79 Å². The van der Waals surface area contributed by atoms with E-state index in [2.05, 4.69) is 10.6 Å². The molecule has 2 N–H and O–H groups in total. The van der Waals surface area contributed by atoms with Crippen molar-refractivity contribution in [3.8, 4) is 6.07 Å². The second-order valence-electron chi connectivity index (χ2n) is 4.09. The minimum absolute atomic E-state index is 0.0665. The molecule has 4 nitrogen and oxygen atoms in total. The summed E-state index contributed by atoms with van der Waals surface area (Å²) >= 11 is 0. The zero-order chi connectivity index (χ0) is 12.4. The van der Waals surface area contributed by atoms with Crippen LogP contribution in [-0.2, 0) is 4.79 Å². The van der Waals surface area contributed by atoms with Crippen molar-refractivity contribution in [1.29, 1.82) is 5.26 Å². The van der Waals surface area contributed by atoms with Gasteiger partial charge in [-0.2, -0.15) is 5.26 Å². The first kappa shape index (κ1) is 11.6. The zero-order valence-corrected chi connectivity index (χ0v) is 9.38. The second kappa shape index (κ2) is 4.52. The molecule has 1 amide bonds. The molecular weight excluding hydrogens is 221 g/mol. The first-order valence-electron chi connectivity index (χ1n) is 5.33. The zero-order valence-electron chi connectivity index (χ0n) is 9.38. The van der Waals surface area contributed by atoms with E-state index >= 15 is 0 Å². The Balaban J connectivity index is 2.22. The number of nitrogens with zero attached hydrogens (tertiary/aromatic N) is 1. The number of carbonyl (C=O) groups excluding carboxylic acids is 1. The minimum atomic E-state index is -0.480. The van der Waals surface area contributed by atoms with Crippen LogP contribution in [0.15, 0.2) is 12.1 Å². The highest BCUT2D eigenvalue weighted by Crippen LogP contribution is 2.21. The lowest BCUT2D eigenvalue weighted by molar-refractivity contribution is -0.121. The van der Waals surface area contributed by atoms with Crippen LogP contribution in [0.3, 0.4) is 0 Å². The maximum absolute atomic E-state index is 13.5. The van der Waals surface area contributed by atoms with Gasteiger partial charge in [-0.1, -0.05) is 0 Å². The van der Waals surface area contributed by atoms with Gasteiger partial charge in [0.15, 0.2) is 0 Å². The molecular formula is C12H12FN3O. The molecule has 0 aromatic heterocycles. The Morgan fingerprint density at radius 1 is 1.59 bits per heavy atom. The second-order valence-corrected chi connectivity index (χ2v) is 4.09. The first-order valence-corrected chi connectivity index (χ1v) is 5.33. The van der Waals surface area contributed by atoms with E-state index in [4.69, 9.17) is 5.26 Å². The molecule has 1 fully saturated rings. The van der Waals surface area contributed by atoms with E-state index in [-0.39, 0.29) is 17.4 Å². The number of benzene rings is 1. The van der Waals surface area contributed by atoms with E-state index in [1.807, 2.05) is 6.07 Å². The Labute approximate surface area is 98.4 Å². The van der Waals surface area contributed by atoms with Gasteiger partial charge >= 0.3 is 0 Å². The third-order valence-corrected chi connectivity index (χ3v) is 2.88. The van der Waals surface area contributed by atoms with Crippen LogP contribution in [0.25, 0.3) is 0 Å². The lowest BCUT2D eigenvalue weighted by Crippen LogP contribution is -2.48. The molecule has 88 valence electrons. The van der Waals surface area contributed by atoms with E-state index in [9.17, 15) is 9.18 Å². The van der Waals surface area contributed by atoms with Crippen LogP contribution in [0.1, 0.15) is 11.1 Å². The number of halogens is 1. The van der Waals surface area contributed by atoms with Gasteiger partial charge in [-0.15, -0.1) is 0 Å². The van der Waals surface area contributed by atoms with Crippen molar-refractivity contribution in [1.82, 2.24) is 5.32 Å². The maximum atomic E-state index is 13.5. The third kappa shape index (κ3) is 2.27. The summed E-state index contributed by atoms with van der Waals surface area (Å²) in [4.78, 5) is 11.7. The largest absolute Gasteiger partial charge is 0.325 e. The number of hydrogen-bond acceptors (Lipinski definition) is 3. The van der Waals surface area contributed by atoms with E-state index < -0.39 is 5.82 Å². The average Bonchev–Trinajstić information content (AvgIpc) is 2.21. The van der Waals surface area contributed by atoms with Gasteiger partial charge in [-0.25, -0.2) is 4.39 Å². The fourth-order valence-electron chi connectivity index (χ4n) is 1.58. The van der Waals surface area contributed by atoms with Crippen molar-refractivity contribution < 1.29 is 9.18 Å². The molecule has 1 aliphatic heterocycles. The molecule has 5 heteroatoms. The van der Waals surface area contributed by atoms with Crippen LogP contribution in [0.5, 0.6) is 0 Å². The molecule has 0 spiro atoms. The van der Waals surface area contributed by atoms with Crippen molar-refractivity contribution >= 4 is 11.6 Å². The highest BCUT2D eigenvalue weighted by atomic mass is 19.1. The molecule has 0 saturated carbocycles. The summed E-state index contributed by atoms with van der Waals surface area (Å²) in [5.74, 6) is -0.685. The summed E-state index contributed by atoms with van der Waals surface area (Å²) in [7, 11) is 0. The Hall–Kier alpha value is -1.93. The minimum Gasteiger partial charge on any atom is -0.325 e. The van der Waals surface area contributed by atoms with Gasteiger partial charge in [0, 0.05) is 24.3 Å². The normalized spacial score (nSPS) is 14.9. The van der Waals surface area contributed by atoms with Gasteiger partial charge in [0.2, 0.25) is 5.91 Å². The fourth-order valence-corrected chi connectivity index (χ4v) is 1.58. The number of hydrogen-bond donors (Lipinski definition) is 2. The molecule has 0 radical (unpaired) electrons. The number of carbonyl (C=O) groups is 1. The third-order valence-electron chi connectivity index (χ3n) is 2.88. The molecule has 1 heterocycles. The quantitative estimate of drug-likeness (QED) is 0.805. The van der Waals surface area contributed by atoms with Crippen LogP contribution in [0.2, 0.25) is 0 Å². The Morgan fingerprint density at radius 3 is 2.82 bits per heavy atom. The Kier molecular flexibility index (Phi) is 3.07. The predicted octanol–water partition coefficient (Wildman–Crippen LogP) is 1.16. The summed E-state index contributed by atoms with van der Waals surface area (Å²) in [5.41, 5.74) is 0.929. The van der Waals surface area contributed by atoms with E-state index in [0.717, 1.165) is 6.07 Å². The highest BCUT2D eigenvalue weighted by molar-refractivity contribution is 5.94. The average molecular weight is 233 g/mol. The van der Waals surface area contributed by atoms with Crippen LogP contribution in [-0.4, -0.2) is 19.0 Å². The van der Waals surface area contributed by atoms with E-state index in [0.29, 0.717) is 24.3 Å². The number of nitrogens with one attached hydrogen (secondary N) is 2. The van der Waals surface area contributed by atoms with Gasteiger partial charge in [0.05, 0.1) is 17.6 Å². The van der Waals surface area contributed by atoms with Crippen molar-refractivity contribution in [3.63, 3.8) is 0 Å². The summed E-state index contributed by atoms with van der Waals surface area (Å²) in [5, 5.41) is 14.4. The standard InChI is InChI=1S/C12H12FN3O/c1-7-10(13)2-8(4-14)3-11(7)16-12(17)9-5-15-6-9/h2-3,9,15H,5-6H2,1H3,(H,16,17). The summed E-state index contributed by atoms with van der Waals surface area (Å²) in [6.45, 7) is 2.86. The van der Waals surface area contributed by atoms with Crippen LogP contribution in [0, 0.1) is 30.0 Å². The van der Waals surface area contributed by atoms with Crippen molar-refractivity contribution in [2.45, 2.75) is 6.92 Å². The molecule has 0 unspecified atom stereocenters. The Bertz CT molecular complexity index is 503. The molecule has 1 saturated heterocycles. The summed E-state index contributed by atoms with van der Waals surface area (Å²) < 4.78 is 13.5. The van der Waals surface area contributed by atoms with E-state index in [1.54, 1.807) is 6.92 Å². The number of amides is 1. The predicted molar refractivity (Wildman–Crippen MR) is 60.8 cm³/mol. The van der Waals surface area contributed by atoms with Gasteiger partial charge in [0.25, 0.3) is 0 Å². The number of anilines is 1. The topological polar surface area (TPSA) is 64.9 Å². The summed E-state index contributed by atoms with van der Waals surface area (Å²) in [6, 6.07) is 4.51. The van der Waals surface area contributed by atoms with Gasteiger partial charge < -0.3 is 10.6 Å². The molecule has 17 heavy (non-hydrogen) atoms. The molecule has 1 aromatic rings. The Morgan fingerprint density at radius 2 is 2.29 bits per heavy atom. The van der Waals surface area contributed by atoms with Crippen molar-refractivity contribution in [3.05, 3.63) is 29.1 Å². The van der Waals surface area contributed by atoms with Gasteiger partial charge in [0.1, 0.15) is 5.82 Å². The van der Waals surface area contributed by atoms with Gasteiger partial charge in [-0.05, 0) is 19.1 Å². The lowest BCUT2D eigenvalue weighted by Gasteiger charge is -2.26. The van der Waals surface area contributed by atoms with E-state index in [1.165, 1.54) is 6.07 Å². The molecule has 1 aliphatic rings. The molecule has 2 rings (SSSR count). The van der Waals surface area contributed by atoms with Crippen LogP contribution >= 0.6 is 0 Å². The molecule has 0 bridgehead atoms. The van der Waals surface area contributed by atoms with Crippen molar-refractivity contribution in [2.24, 2.45) is 5.92 Å². The molecule has 1 aromatic carbocycles. The summed E-state index contributed by atoms with van der Waals surface area (Å²) in [6.07, 6.45) is 0. The van der Waals surface area contributed by atoms with Crippen molar-refractivity contribution in [2.75, 3.05) is 18.4 Å². The molecule has 0 aliphatic carbocycles. The fraction of sp³-hybridized carbons (Fsp3) is 0.333. The highest BCUT2D eigenvalue weighted by Gasteiger charge is 2.25. The number of rotatable bonds is 2. The number of nitriles is 1. The lowest BCUT2D eigenvalue weighted by atomic mass is 10.0. The van der Waals surface area contributed by atoms with Crippen LogP contribution in [0.4, 0.5) is 10.1 Å². The monoisotopic (exact) mass is 233 g/mol. The smallest absolute Gasteiger partial charge is 0.230 e. The SMILES string of the molecule is Cc1c(F)cc(C#N)cc1NC(=O)C1CNC1. The first-order chi connectivity index (χ1) is 8.11. The van der Waals surface area contributed by atoms with Crippen LogP contribution < -0.4 is 10.6 Å². The molecule has 0 atom stereocenters.